The van der Waals surface area contributed by atoms with Gasteiger partial charge in [-0.05, 0) is 58.5 Å². The molecule has 8 nitrogen and oxygen atoms in total. The highest BCUT2D eigenvalue weighted by Crippen LogP contribution is 2.39. The molecule has 0 spiro atoms. The van der Waals surface area contributed by atoms with Crippen molar-refractivity contribution >= 4 is 51.2 Å². The summed E-state index contributed by atoms with van der Waals surface area (Å²) in [5, 5.41) is 21.9. The molecule has 0 aliphatic carbocycles. The molecule has 1 saturated heterocycles. The first-order valence-electron chi connectivity index (χ1n) is 12.7. The number of hydrogen-bond acceptors (Lipinski definition) is 7. The highest BCUT2D eigenvalue weighted by Gasteiger charge is 2.34. The van der Waals surface area contributed by atoms with Crippen LogP contribution in [0.4, 0.5) is 5.00 Å². The monoisotopic (exact) mass is 541 g/mol. The summed E-state index contributed by atoms with van der Waals surface area (Å²) in [6.07, 6.45) is 1.25. The second kappa shape index (κ2) is 11.9. The van der Waals surface area contributed by atoms with Gasteiger partial charge in [0.2, 0.25) is 5.91 Å². The Morgan fingerprint density at radius 3 is 2.51 bits per heavy atom. The second-order valence-electron chi connectivity index (χ2n) is 9.82. The predicted molar refractivity (Wildman–Crippen MR) is 154 cm³/mol. The van der Waals surface area contributed by atoms with E-state index in [4.69, 9.17) is 27.4 Å². The van der Waals surface area contributed by atoms with Crippen molar-refractivity contribution in [2.45, 2.75) is 39.7 Å². The van der Waals surface area contributed by atoms with Gasteiger partial charge in [-0.2, -0.15) is 0 Å². The van der Waals surface area contributed by atoms with Crippen LogP contribution in [-0.4, -0.2) is 85.4 Å². The lowest BCUT2D eigenvalue weighted by Crippen LogP contribution is -2.45. The Morgan fingerprint density at radius 1 is 1.19 bits per heavy atom. The number of fused-ring (bicyclic) bond motifs is 1. The Kier molecular flexibility index (Phi) is 8.79. The number of halogens is 1. The second-order valence-corrected chi connectivity index (χ2v) is 11.5. The molecule has 10 heteroatoms. The van der Waals surface area contributed by atoms with Gasteiger partial charge in [-0.3, -0.25) is 25.5 Å². The molecule has 3 N–H and O–H groups in total. The third-order valence-corrected chi connectivity index (χ3v) is 8.51. The zero-order valence-electron chi connectivity index (χ0n) is 22.0. The summed E-state index contributed by atoms with van der Waals surface area (Å²) >= 11 is 7.72. The quantitative estimate of drug-likeness (QED) is 0.362. The van der Waals surface area contributed by atoms with Gasteiger partial charge >= 0.3 is 0 Å². The van der Waals surface area contributed by atoms with Crippen LogP contribution >= 0.6 is 22.9 Å². The van der Waals surface area contributed by atoms with Gasteiger partial charge in [-0.1, -0.05) is 23.7 Å². The molecule has 0 radical (unpaired) electrons. The van der Waals surface area contributed by atoms with Gasteiger partial charge in [0.05, 0.1) is 5.71 Å². The van der Waals surface area contributed by atoms with Crippen molar-refractivity contribution < 1.29 is 4.79 Å². The number of likely N-dealkylation sites (N-methyl/N-ethyl adjacent to an activating group) is 1. The van der Waals surface area contributed by atoms with Crippen LogP contribution < -0.4 is 10.2 Å². The topological polar surface area (TPSA) is 98.9 Å². The number of rotatable bonds is 7. The van der Waals surface area contributed by atoms with Gasteiger partial charge in [0.25, 0.3) is 0 Å². The molecule has 4 rings (SSSR count). The van der Waals surface area contributed by atoms with Crippen LogP contribution in [0.2, 0.25) is 5.02 Å². The van der Waals surface area contributed by atoms with E-state index >= 15 is 0 Å². The molecule has 1 fully saturated rings. The van der Waals surface area contributed by atoms with E-state index in [0.29, 0.717) is 11.4 Å². The van der Waals surface area contributed by atoms with Crippen LogP contribution in [0.3, 0.4) is 0 Å². The van der Waals surface area contributed by atoms with Crippen LogP contribution in [0.5, 0.6) is 0 Å². The Hall–Kier alpha value is -2.59. The molecule has 1 aromatic heterocycles. The SMILES string of the molecule is CC(=N)N1C(=N)C(CNC(=O)CCCN2CCN(C)CC2)N=C(c2ccc(Cl)cc2)c2c1sc(C)c2C. The van der Waals surface area contributed by atoms with E-state index in [1.807, 2.05) is 24.3 Å². The fourth-order valence-corrected chi connectivity index (χ4v) is 6.07. The lowest BCUT2D eigenvalue weighted by atomic mass is 10.00. The highest BCUT2D eigenvalue weighted by atomic mass is 35.5. The van der Waals surface area contributed by atoms with Crippen molar-refractivity contribution in [3.05, 3.63) is 50.9 Å². The maximum atomic E-state index is 12.7. The van der Waals surface area contributed by atoms with E-state index < -0.39 is 6.04 Å². The first kappa shape index (κ1) is 27.4. The van der Waals surface area contributed by atoms with E-state index in [2.05, 4.69) is 36.0 Å². The molecule has 1 aromatic carbocycles. The Labute approximate surface area is 228 Å². The predicted octanol–water partition coefficient (Wildman–Crippen LogP) is 4.16. The third kappa shape index (κ3) is 6.29. The summed E-state index contributed by atoms with van der Waals surface area (Å²) in [6.45, 7) is 11.1. The van der Waals surface area contributed by atoms with Gasteiger partial charge in [-0.25, -0.2) is 0 Å². The molecule has 1 amide bonds. The number of piperazine rings is 1. The molecular weight excluding hydrogens is 506 g/mol. The van der Waals surface area contributed by atoms with Gasteiger partial charge in [-0.15, -0.1) is 11.3 Å². The van der Waals surface area contributed by atoms with E-state index in [9.17, 15) is 4.79 Å². The summed E-state index contributed by atoms with van der Waals surface area (Å²) in [7, 11) is 2.14. The Balaban J connectivity index is 1.53. The molecule has 3 heterocycles. The van der Waals surface area contributed by atoms with E-state index in [1.54, 1.807) is 23.2 Å². The number of hydrogen-bond donors (Lipinski definition) is 3. The summed E-state index contributed by atoms with van der Waals surface area (Å²) in [6, 6.07) is 6.91. The van der Waals surface area contributed by atoms with E-state index in [0.717, 1.165) is 71.4 Å². The van der Waals surface area contributed by atoms with Crippen LogP contribution in [0.25, 0.3) is 0 Å². The van der Waals surface area contributed by atoms with Gasteiger partial charge in [0.15, 0.2) is 0 Å². The molecular formula is C27H36ClN7OS. The number of carbonyl (C=O) groups excluding carboxylic acids is 1. The van der Waals surface area contributed by atoms with Crippen LogP contribution in [0.15, 0.2) is 29.3 Å². The fraction of sp³-hybridized carbons (Fsp3) is 0.481. The maximum Gasteiger partial charge on any atom is 0.220 e. The molecule has 198 valence electrons. The Morgan fingerprint density at radius 2 is 1.86 bits per heavy atom. The largest absolute Gasteiger partial charge is 0.353 e. The number of aliphatic imine (C=N–C) groups is 1. The molecule has 2 aliphatic heterocycles. The molecule has 2 aliphatic rings. The zero-order valence-corrected chi connectivity index (χ0v) is 23.6. The average molecular weight is 542 g/mol. The zero-order chi connectivity index (χ0) is 26.7. The molecule has 0 bridgehead atoms. The average Bonchev–Trinajstić information content (AvgIpc) is 3.07. The first-order chi connectivity index (χ1) is 17.7. The summed E-state index contributed by atoms with van der Waals surface area (Å²) < 4.78 is 0. The number of nitrogens with one attached hydrogen (secondary N) is 3. The molecule has 0 saturated carbocycles. The van der Waals surface area contributed by atoms with Crippen LogP contribution in [0, 0.1) is 24.7 Å². The molecule has 37 heavy (non-hydrogen) atoms. The number of amidine groups is 2. The van der Waals surface area contributed by atoms with E-state index in [-0.39, 0.29) is 24.1 Å². The smallest absolute Gasteiger partial charge is 0.220 e. The van der Waals surface area contributed by atoms with Gasteiger partial charge in [0, 0.05) is 60.2 Å². The molecule has 1 atom stereocenters. The summed E-state index contributed by atoms with van der Waals surface area (Å²) in [5.41, 5.74) is 3.67. The van der Waals surface area contributed by atoms with Crippen LogP contribution in [0.1, 0.15) is 41.3 Å². The minimum absolute atomic E-state index is 0.0330. The summed E-state index contributed by atoms with van der Waals surface area (Å²) in [5.74, 6) is 0.412. The lowest BCUT2D eigenvalue weighted by molar-refractivity contribution is -0.121. The third-order valence-electron chi connectivity index (χ3n) is 7.07. The van der Waals surface area contributed by atoms with Crippen molar-refractivity contribution in [1.82, 2.24) is 15.1 Å². The van der Waals surface area contributed by atoms with Gasteiger partial charge < -0.3 is 15.1 Å². The molecule has 1 unspecified atom stereocenters. The standard InChI is InChI=1S/C27H36ClN7OS/c1-17-18(2)37-27-24(17)25(20-7-9-21(28)10-8-20)32-22(26(30)35(27)19(3)29)16-31-23(36)6-5-11-34-14-12-33(4)13-15-34/h7-10,22,29-30H,5-6,11-16H2,1-4H3,(H,31,36). The van der Waals surface area contributed by atoms with Crippen molar-refractivity contribution in [3.8, 4) is 0 Å². The summed E-state index contributed by atoms with van der Waals surface area (Å²) in [4.78, 5) is 25.3. The van der Waals surface area contributed by atoms with Crippen molar-refractivity contribution in [2.75, 3.05) is 51.2 Å². The molecule has 2 aromatic rings. The minimum atomic E-state index is -0.619. The number of thiophene rings is 1. The van der Waals surface area contributed by atoms with Crippen molar-refractivity contribution in [1.29, 1.82) is 10.8 Å². The number of carbonyl (C=O) groups is 1. The number of amides is 1. The van der Waals surface area contributed by atoms with Crippen molar-refractivity contribution in [3.63, 3.8) is 0 Å². The lowest BCUT2D eigenvalue weighted by Gasteiger charge is -2.32. The van der Waals surface area contributed by atoms with Gasteiger partial charge in [0.1, 0.15) is 22.7 Å². The van der Waals surface area contributed by atoms with Crippen LogP contribution in [-0.2, 0) is 4.79 Å². The first-order valence-corrected chi connectivity index (χ1v) is 13.9. The highest BCUT2D eigenvalue weighted by molar-refractivity contribution is 7.17. The Bertz CT molecular complexity index is 1200. The fourth-order valence-electron chi connectivity index (χ4n) is 4.72. The number of aryl methyl sites for hydroxylation is 1. The minimum Gasteiger partial charge on any atom is -0.353 e. The number of anilines is 1. The van der Waals surface area contributed by atoms with Crippen molar-refractivity contribution in [2.24, 2.45) is 4.99 Å². The maximum absolute atomic E-state index is 12.7. The normalized spacial score (nSPS) is 18.8. The number of benzene rings is 1. The number of nitrogens with zero attached hydrogens (tertiary/aromatic N) is 4. The van der Waals surface area contributed by atoms with E-state index in [1.165, 1.54) is 0 Å².